The molecule has 1 amide bonds. The van der Waals surface area contributed by atoms with E-state index in [-0.39, 0.29) is 12.0 Å². The summed E-state index contributed by atoms with van der Waals surface area (Å²) >= 11 is 1.53. The van der Waals surface area contributed by atoms with Crippen molar-refractivity contribution in [1.29, 1.82) is 0 Å². The van der Waals surface area contributed by atoms with E-state index >= 15 is 0 Å². The van der Waals surface area contributed by atoms with Crippen LogP contribution in [0.4, 0.5) is 0 Å². The molecule has 25 heavy (non-hydrogen) atoms. The summed E-state index contributed by atoms with van der Waals surface area (Å²) in [5.41, 5.74) is 6.68. The van der Waals surface area contributed by atoms with Gasteiger partial charge in [-0.15, -0.1) is 0 Å². The lowest BCUT2D eigenvalue weighted by Gasteiger charge is -2.20. The van der Waals surface area contributed by atoms with Crippen molar-refractivity contribution < 1.29 is 9.59 Å². The second-order valence-corrected chi connectivity index (χ2v) is 7.49. The molecule has 0 aliphatic heterocycles. The molecule has 2 rings (SSSR count). The molecule has 0 radical (unpaired) electrons. The molecule has 2 N–H and O–H groups in total. The topological polar surface area (TPSA) is 84.9 Å². The van der Waals surface area contributed by atoms with Crippen molar-refractivity contribution in [3.8, 4) is 0 Å². The molecule has 1 aromatic rings. The zero-order valence-corrected chi connectivity index (χ0v) is 15.8. The Morgan fingerprint density at radius 1 is 1.24 bits per heavy atom. The Bertz CT molecular complexity index is 693. The van der Waals surface area contributed by atoms with Crippen molar-refractivity contribution in [2.24, 2.45) is 21.6 Å². The van der Waals surface area contributed by atoms with Gasteiger partial charge in [-0.25, -0.2) is 0 Å². The summed E-state index contributed by atoms with van der Waals surface area (Å²) in [6.07, 6.45) is 3.12. The molecule has 5 nitrogen and oxygen atoms in total. The third kappa shape index (κ3) is 5.53. The van der Waals surface area contributed by atoms with E-state index in [1.807, 2.05) is 12.1 Å². The number of benzene rings is 1. The van der Waals surface area contributed by atoms with E-state index in [9.17, 15) is 9.59 Å². The van der Waals surface area contributed by atoms with E-state index < -0.39 is 5.91 Å². The van der Waals surface area contributed by atoms with E-state index in [4.69, 9.17) is 10.7 Å². The first-order valence-corrected chi connectivity index (χ1v) is 9.36. The van der Waals surface area contributed by atoms with Crippen molar-refractivity contribution in [3.63, 3.8) is 0 Å². The van der Waals surface area contributed by atoms with Crippen LogP contribution >= 0.6 is 11.8 Å². The lowest BCUT2D eigenvalue weighted by atomic mass is 9.95. The second-order valence-electron chi connectivity index (χ2n) is 6.48. The van der Waals surface area contributed by atoms with E-state index in [0.717, 1.165) is 28.5 Å². The zero-order valence-electron chi connectivity index (χ0n) is 15.0. The molecule has 134 valence electrons. The normalized spacial score (nSPS) is 19.4. The number of carbonyl (C=O) groups excluding carboxylic acids is 2. The molecule has 0 saturated heterocycles. The summed E-state index contributed by atoms with van der Waals surface area (Å²) in [5.74, 6) is 0.115. The molecule has 1 aliphatic carbocycles. The summed E-state index contributed by atoms with van der Waals surface area (Å²) in [6.45, 7) is 4.19. The number of hydrogen-bond donors (Lipinski definition) is 1. The number of primary amides is 1. The summed E-state index contributed by atoms with van der Waals surface area (Å²) < 4.78 is 0. The fraction of sp³-hybridized carbons (Fsp3) is 0.474. The van der Waals surface area contributed by atoms with Crippen LogP contribution in [-0.2, 0) is 4.79 Å². The number of hydrogen-bond acceptors (Lipinski definition) is 5. The van der Waals surface area contributed by atoms with Crippen molar-refractivity contribution in [1.82, 2.24) is 0 Å². The minimum Gasteiger partial charge on any atom is -0.366 e. The van der Waals surface area contributed by atoms with Gasteiger partial charge in [0.25, 0.3) is 0 Å². The van der Waals surface area contributed by atoms with Gasteiger partial charge in [0.15, 0.2) is 0 Å². The molecular weight excluding hydrogens is 334 g/mol. The Hall–Kier alpha value is -1.95. The van der Waals surface area contributed by atoms with Gasteiger partial charge in [-0.2, -0.15) is 0 Å². The number of nitrogens with two attached hydrogens (primary N) is 1. The fourth-order valence-electron chi connectivity index (χ4n) is 2.69. The van der Waals surface area contributed by atoms with Crippen LogP contribution in [0.1, 0.15) is 55.5 Å². The number of thioether (sulfide) groups is 1. The Kier molecular flexibility index (Phi) is 6.93. The Morgan fingerprint density at radius 3 is 2.40 bits per heavy atom. The number of rotatable bonds is 4. The summed E-state index contributed by atoms with van der Waals surface area (Å²) in [7, 11) is 1.74. The highest BCUT2D eigenvalue weighted by atomic mass is 32.2. The summed E-state index contributed by atoms with van der Waals surface area (Å²) in [5, 5.41) is 1.82. The van der Waals surface area contributed by atoms with Crippen LogP contribution < -0.4 is 5.73 Å². The lowest BCUT2D eigenvalue weighted by molar-refractivity contribution is -0.120. The van der Waals surface area contributed by atoms with Gasteiger partial charge >= 0.3 is 0 Å². The maximum Gasteiger partial charge on any atom is 0.248 e. The number of aliphatic imine (C=N–C) groups is 2. The van der Waals surface area contributed by atoms with E-state index in [0.29, 0.717) is 24.2 Å². The Balaban J connectivity index is 2.18. The Labute approximate surface area is 153 Å². The third-order valence-electron chi connectivity index (χ3n) is 4.08. The molecular formula is C19H25N3O2S. The number of ketones is 1. The minimum atomic E-state index is -0.444. The molecule has 0 spiro atoms. The quantitative estimate of drug-likeness (QED) is 0.660. The number of carbonyl (C=O) groups is 2. The lowest BCUT2D eigenvalue weighted by Crippen LogP contribution is -2.21. The van der Waals surface area contributed by atoms with Crippen LogP contribution in [-0.4, -0.2) is 34.9 Å². The van der Waals surface area contributed by atoms with Crippen LogP contribution in [0.2, 0.25) is 0 Å². The van der Waals surface area contributed by atoms with Crippen LogP contribution in [0, 0.1) is 5.92 Å². The maximum absolute atomic E-state index is 11.7. The Morgan fingerprint density at radius 2 is 1.88 bits per heavy atom. The second kappa shape index (κ2) is 8.94. The zero-order chi connectivity index (χ0) is 18.4. The van der Waals surface area contributed by atoms with E-state index in [1.165, 1.54) is 11.8 Å². The molecule has 0 aromatic heterocycles. The molecule has 1 fully saturated rings. The van der Waals surface area contributed by atoms with Crippen molar-refractivity contribution in [2.75, 3.05) is 7.05 Å². The molecule has 0 bridgehead atoms. The average Bonchev–Trinajstić information content (AvgIpc) is 2.58. The largest absolute Gasteiger partial charge is 0.366 e. The fourth-order valence-corrected chi connectivity index (χ4v) is 3.68. The highest BCUT2D eigenvalue weighted by Gasteiger charge is 2.21. The predicted octanol–water partition coefficient (Wildman–Crippen LogP) is 3.46. The summed E-state index contributed by atoms with van der Waals surface area (Å²) in [6, 6.07) is 7.18. The van der Waals surface area contributed by atoms with Gasteiger partial charge in [-0.3, -0.25) is 19.6 Å². The molecule has 1 aromatic carbocycles. The highest BCUT2D eigenvalue weighted by Crippen LogP contribution is 2.25. The van der Waals surface area contributed by atoms with Gasteiger partial charge < -0.3 is 5.73 Å². The molecule has 6 heteroatoms. The van der Waals surface area contributed by atoms with Crippen molar-refractivity contribution in [2.45, 2.75) is 45.6 Å². The van der Waals surface area contributed by atoms with E-state index in [2.05, 4.69) is 18.8 Å². The first kappa shape index (κ1) is 19.4. The van der Waals surface area contributed by atoms with Gasteiger partial charge in [0, 0.05) is 36.9 Å². The first-order chi connectivity index (χ1) is 11.9. The number of Topliss-reactive ketones (excluding diaryl/α,β-unsaturated/α-hetero) is 1. The number of nitrogens with zero attached hydrogens (tertiary/aromatic N) is 2. The molecule has 1 aliphatic rings. The van der Waals surface area contributed by atoms with Crippen LogP contribution in [0.5, 0.6) is 0 Å². The monoisotopic (exact) mass is 359 g/mol. The van der Waals surface area contributed by atoms with Crippen LogP contribution in [0.3, 0.4) is 0 Å². The average molecular weight is 359 g/mol. The standard InChI is InChI=1S/C19H25N3O2S/c1-12(2)18(22-15-5-4-6-16(23)11-15)25-19(21-3)14-9-7-13(8-10-14)17(20)24/h7-10,12,15H,4-6,11H2,1-3H3,(H2,20,24). The highest BCUT2D eigenvalue weighted by molar-refractivity contribution is 8.27. The molecule has 1 unspecified atom stereocenters. The summed E-state index contributed by atoms with van der Waals surface area (Å²) in [4.78, 5) is 32.1. The SMILES string of the molecule is CN=C(SC(=NC1CCCC(=O)C1)C(C)C)c1ccc(C(N)=O)cc1. The van der Waals surface area contributed by atoms with Crippen molar-refractivity contribution >= 4 is 33.5 Å². The van der Waals surface area contributed by atoms with Crippen LogP contribution in [0.15, 0.2) is 34.3 Å². The van der Waals surface area contributed by atoms with Gasteiger partial charge in [0.2, 0.25) is 5.91 Å². The molecule has 1 saturated carbocycles. The van der Waals surface area contributed by atoms with Gasteiger partial charge in [-0.05, 0) is 25.0 Å². The maximum atomic E-state index is 11.7. The van der Waals surface area contributed by atoms with Crippen molar-refractivity contribution in [3.05, 3.63) is 35.4 Å². The van der Waals surface area contributed by atoms with Gasteiger partial charge in [-0.1, -0.05) is 37.7 Å². The minimum absolute atomic E-state index is 0.0847. The first-order valence-electron chi connectivity index (χ1n) is 8.55. The van der Waals surface area contributed by atoms with Gasteiger partial charge in [0.05, 0.1) is 11.1 Å². The molecule has 1 atom stereocenters. The van der Waals surface area contributed by atoms with Crippen LogP contribution in [0.25, 0.3) is 0 Å². The smallest absolute Gasteiger partial charge is 0.248 e. The van der Waals surface area contributed by atoms with E-state index in [1.54, 1.807) is 19.2 Å². The number of amides is 1. The molecule has 0 heterocycles. The third-order valence-corrected chi connectivity index (χ3v) is 5.48. The van der Waals surface area contributed by atoms with Gasteiger partial charge in [0.1, 0.15) is 10.8 Å². The predicted molar refractivity (Wildman–Crippen MR) is 105 cm³/mol.